The molecule has 0 radical (unpaired) electrons. The fourth-order valence-electron chi connectivity index (χ4n) is 2.73. The van der Waals surface area contributed by atoms with Gasteiger partial charge in [-0.2, -0.15) is 0 Å². The molecular formula is C16H24BrNO. The first-order valence-electron chi connectivity index (χ1n) is 7.17. The Labute approximate surface area is 125 Å². The third-order valence-corrected chi connectivity index (χ3v) is 4.45. The standard InChI is InChI=1S/C16H24BrNO/c1-13(2)11-18-12-16(7-9-19-10-8-16)14-3-5-15(17)6-4-14/h3-6,13,18H,7-12H2,1-2H3. The summed E-state index contributed by atoms with van der Waals surface area (Å²) in [6.07, 6.45) is 2.22. The van der Waals surface area contributed by atoms with Crippen molar-refractivity contribution in [1.29, 1.82) is 0 Å². The molecule has 0 unspecified atom stereocenters. The van der Waals surface area contributed by atoms with Crippen molar-refractivity contribution in [2.45, 2.75) is 32.1 Å². The largest absolute Gasteiger partial charge is 0.381 e. The molecule has 1 fully saturated rings. The van der Waals surface area contributed by atoms with Crippen molar-refractivity contribution in [3.63, 3.8) is 0 Å². The quantitative estimate of drug-likeness (QED) is 0.890. The minimum Gasteiger partial charge on any atom is -0.381 e. The van der Waals surface area contributed by atoms with E-state index in [0.29, 0.717) is 5.92 Å². The molecule has 3 heteroatoms. The molecule has 0 aliphatic carbocycles. The fourth-order valence-corrected chi connectivity index (χ4v) is 3.00. The molecule has 2 rings (SSSR count). The van der Waals surface area contributed by atoms with Crippen LogP contribution in [0, 0.1) is 5.92 Å². The average molecular weight is 326 g/mol. The van der Waals surface area contributed by atoms with Gasteiger partial charge >= 0.3 is 0 Å². The van der Waals surface area contributed by atoms with E-state index in [1.54, 1.807) is 0 Å². The summed E-state index contributed by atoms with van der Waals surface area (Å²) in [6.45, 7) is 8.39. The summed E-state index contributed by atoms with van der Waals surface area (Å²) in [6, 6.07) is 8.81. The van der Waals surface area contributed by atoms with E-state index in [1.807, 2.05) is 0 Å². The van der Waals surface area contributed by atoms with Gasteiger partial charge in [-0.25, -0.2) is 0 Å². The molecule has 2 nitrogen and oxygen atoms in total. The van der Waals surface area contributed by atoms with Gasteiger partial charge in [0.1, 0.15) is 0 Å². The second kappa shape index (κ2) is 6.87. The van der Waals surface area contributed by atoms with Gasteiger partial charge in [0.15, 0.2) is 0 Å². The summed E-state index contributed by atoms with van der Waals surface area (Å²) in [5.74, 6) is 0.696. The number of ether oxygens (including phenoxy) is 1. The molecule has 0 aromatic heterocycles. The molecule has 1 N–H and O–H groups in total. The van der Waals surface area contributed by atoms with E-state index in [2.05, 4.69) is 59.4 Å². The van der Waals surface area contributed by atoms with Crippen LogP contribution in [0.4, 0.5) is 0 Å². The highest BCUT2D eigenvalue weighted by Crippen LogP contribution is 2.34. The van der Waals surface area contributed by atoms with Crippen molar-refractivity contribution in [3.8, 4) is 0 Å². The van der Waals surface area contributed by atoms with Crippen LogP contribution in [0.3, 0.4) is 0 Å². The summed E-state index contributed by atoms with van der Waals surface area (Å²) in [7, 11) is 0. The van der Waals surface area contributed by atoms with Gasteiger partial charge in [0, 0.05) is 29.6 Å². The highest BCUT2D eigenvalue weighted by atomic mass is 79.9. The molecule has 1 aromatic carbocycles. The van der Waals surface area contributed by atoms with Crippen LogP contribution in [0.25, 0.3) is 0 Å². The summed E-state index contributed by atoms with van der Waals surface area (Å²) >= 11 is 3.52. The topological polar surface area (TPSA) is 21.3 Å². The lowest BCUT2D eigenvalue weighted by Crippen LogP contribution is -2.43. The van der Waals surface area contributed by atoms with Crippen LogP contribution in [0.15, 0.2) is 28.7 Å². The summed E-state index contributed by atoms with van der Waals surface area (Å²) in [5.41, 5.74) is 1.68. The van der Waals surface area contributed by atoms with Crippen molar-refractivity contribution in [2.75, 3.05) is 26.3 Å². The minimum atomic E-state index is 0.244. The average Bonchev–Trinajstić information content (AvgIpc) is 2.40. The SMILES string of the molecule is CC(C)CNCC1(c2ccc(Br)cc2)CCOCC1. The highest BCUT2D eigenvalue weighted by molar-refractivity contribution is 9.10. The van der Waals surface area contributed by atoms with E-state index in [-0.39, 0.29) is 5.41 Å². The zero-order chi connectivity index (χ0) is 13.7. The minimum absolute atomic E-state index is 0.244. The van der Waals surface area contributed by atoms with E-state index in [0.717, 1.165) is 43.6 Å². The molecule has 0 atom stereocenters. The molecule has 19 heavy (non-hydrogen) atoms. The Hall–Kier alpha value is -0.380. The lowest BCUT2D eigenvalue weighted by Gasteiger charge is -2.38. The van der Waals surface area contributed by atoms with Crippen LogP contribution in [-0.4, -0.2) is 26.3 Å². The lowest BCUT2D eigenvalue weighted by atomic mass is 9.74. The first-order valence-corrected chi connectivity index (χ1v) is 7.96. The third-order valence-electron chi connectivity index (χ3n) is 3.92. The van der Waals surface area contributed by atoms with Crippen molar-refractivity contribution in [3.05, 3.63) is 34.3 Å². The van der Waals surface area contributed by atoms with Gasteiger partial charge in [-0.05, 0) is 43.0 Å². The van der Waals surface area contributed by atoms with E-state index in [9.17, 15) is 0 Å². The van der Waals surface area contributed by atoms with Crippen molar-refractivity contribution in [2.24, 2.45) is 5.92 Å². The van der Waals surface area contributed by atoms with Gasteiger partial charge in [-0.15, -0.1) is 0 Å². The van der Waals surface area contributed by atoms with Crippen LogP contribution < -0.4 is 5.32 Å². The maximum atomic E-state index is 5.56. The smallest absolute Gasteiger partial charge is 0.0475 e. The Morgan fingerprint density at radius 2 is 1.84 bits per heavy atom. The molecule has 0 amide bonds. The van der Waals surface area contributed by atoms with Gasteiger partial charge in [0.2, 0.25) is 0 Å². The zero-order valence-electron chi connectivity index (χ0n) is 11.9. The predicted octanol–water partition coefficient (Wildman–Crippen LogP) is 3.74. The van der Waals surface area contributed by atoms with Crippen molar-refractivity contribution < 1.29 is 4.74 Å². The molecular weight excluding hydrogens is 302 g/mol. The monoisotopic (exact) mass is 325 g/mol. The maximum Gasteiger partial charge on any atom is 0.0475 e. The van der Waals surface area contributed by atoms with Crippen LogP contribution >= 0.6 is 15.9 Å². The summed E-state index contributed by atoms with van der Waals surface area (Å²) < 4.78 is 6.71. The number of rotatable bonds is 5. The first kappa shape index (κ1) is 15.0. The maximum absolute atomic E-state index is 5.56. The molecule has 106 valence electrons. The Morgan fingerprint density at radius 3 is 2.42 bits per heavy atom. The molecule has 1 aliphatic heterocycles. The Morgan fingerprint density at radius 1 is 1.21 bits per heavy atom. The second-order valence-corrected chi connectivity index (χ2v) is 6.84. The Bertz CT molecular complexity index is 382. The van der Waals surface area contributed by atoms with E-state index in [1.165, 1.54) is 5.56 Å². The van der Waals surface area contributed by atoms with Gasteiger partial charge in [-0.3, -0.25) is 0 Å². The van der Waals surface area contributed by atoms with Crippen molar-refractivity contribution >= 4 is 15.9 Å². The first-order chi connectivity index (χ1) is 9.12. The fraction of sp³-hybridized carbons (Fsp3) is 0.625. The molecule has 1 aliphatic rings. The zero-order valence-corrected chi connectivity index (χ0v) is 13.5. The van der Waals surface area contributed by atoms with Gasteiger partial charge in [0.05, 0.1) is 0 Å². The third kappa shape index (κ3) is 4.04. The molecule has 0 spiro atoms. The predicted molar refractivity (Wildman–Crippen MR) is 83.6 cm³/mol. The normalized spacial score (nSPS) is 18.7. The molecule has 0 bridgehead atoms. The van der Waals surface area contributed by atoms with Gasteiger partial charge < -0.3 is 10.1 Å². The van der Waals surface area contributed by atoms with Crippen LogP contribution in [0.2, 0.25) is 0 Å². The Kier molecular flexibility index (Phi) is 5.43. The van der Waals surface area contributed by atoms with E-state index in [4.69, 9.17) is 4.74 Å². The lowest BCUT2D eigenvalue weighted by molar-refractivity contribution is 0.0497. The number of halogens is 1. The number of hydrogen-bond acceptors (Lipinski definition) is 2. The summed E-state index contributed by atoms with van der Waals surface area (Å²) in [5, 5.41) is 3.64. The summed E-state index contributed by atoms with van der Waals surface area (Å²) in [4.78, 5) is 0. The van der Waals surface area contributed by atoms with Crippen molar-refractivity contribution in [1.82, 2.24) is 5.32 Å². The Balaban J connectivity index is 2.11. The van der Waals surface area contributed by atoms with Gasteiger partial charge in [-0.1, -0.05) is 41.9 Å². The van der Waals surface area contributed by atoms with Crippen LogP contribution in [0.1, 0.15) is 32.3 Å². The molecule has 1 aromatic rings. The molecule has 1 saturated heterocycles. The number of benzene rings is 1. The number of nitrogens with one attached hydrogen (secondary N) is 1. The molecule has 0 saturated carbocycles. The number of hydrogen-bond donors (Lipinski definition) is 1. The van der Waals surface area contributed by atoms with Crippen LogP contribution in [-0.2, 0) is 10.2 Å². The highest BCUT2D eigenvalue weighted by Gasteiger charge is 2.33. The van der Waals surface area contributed by atoms with E-state index >= 15 is 0 Å². The second-order valence-electron chi connectivity index (χ2n) is 5.92. The van der Waals surface area contributed by atoms with E-state index < -0.39 is 0 Å². The van der Waals surface area contributed by atoms with Crippen LogP contribution in [0.5, 0.6) is 0 Å². The van der Waals surface area contributed by atoms with Gasteiger partial charge in [0.25, 0.3) is 0 Å². The molecule has 1 heterocycles.